The molecule has 4 heteroatoms. The van der Waals surface area contributed by atoms with Crippen LogP contribution in [0.1, 0.15) is 13.3 Å². The van der Waals surface area contributed by atoms with E-state index in [-0.39, 0.29) is 0 Å². The van der Waals surface area contributed by atoms with Crippen molar-refractivity contribution < 1.29 is 0 Å². The average molecular weight is 140 g/mol. The second kappa shape index (κ2) is 7.97. The molecular weight excluding hydrogens is 128 g/mol. The van der Waals surface area contributed by atoms with Crippen molar-refractivity contribution in [3.8, 4) is 0 Å². The van der Waals surface area contributed by atoms with Crippen molar-refractivity contribution in [1.82, 2.24) is 15.4 Å². The van der Waals surface area contributed by atoms with Crippen LogP contribution >= 0.6 is 0 Å². The van der Waals surface area contributed by atoms with Crippen LogP contribution in [-0.2, 0) is 0 Å². The Morgan fingerprint density at radius 1 is 1.30 bits per heavy atom. The van der Waals surface area contributed by atoms with Crippen molar-refractivity contribution in [2.24, 2.45) is 5.73 Å². The van der Waals surface area contributed by atoms with Crippen molar-refractivity contribution in [2.75, 3.05) is 6.54 Å². The summed E-state index contributed by atoms with van der Waals surface area (Å²) in [6, 6.07) is 1.72. The minimum absolute atomic E-state index is 0.819. The SMILES string of the molecule is CCCN.c1cnnnc1. The first-order valence-corrected chi connectivity index (χ1v) is 3.20. The zero-order valence-electron chi connectivity index (χ0n) is 6.07. The molecule has 0 spiro atoms. The second-order valence-electron chi connectivity index (χ2n) is 1.60. The fraction of sp³-hybridized carbons (Fsp3) is 0.500. The van der Waals surface area contributed by atoms with E-state index in [1.807, 2.05) is 0 Å². The van der Waals surface area contributed by atoms with Gasteiger partial charge in [-0.2, -0.15) is 0 Å². The highest BCUT2D eigenvalue weighted by Gasteiger charge is 1.60. The molecule has 0 aliphatic heterocycles. The molecule has 0 aliphatic carbocycles. The topological polar surface area (TPSA) is 64.7 Å². The van der Waals surface area contributed by atoms with E-state index in [0.29, 0.717) is 0 Å². The van der Waals surface area contributed by atoms with Crippen LogP contribution in [0.3, 0.4) is 0 Å². The molecule has 0 atom stereocenters. The molecule has 0 radical (unpaired) electrons. The van der Waals surface area contributed by atoms with Gasteiger partial charge in [-0.1, -0.05) is 6.92 Å². The maximum absolute atomic E-state index is 5.03. The van der Waals surface area contributed by atoms with Crippen molar-refractivity contribution >= 4 is 0 Å². The lowest BCUT2D eigenvalue weighted by Crippen LogP contribution is -1.93. The smallest absolute Gasteiger partial charge is 0.0529 e. The second-order valence-corrected chi connectivity index (χ2v) is 1.60. The predicted octanol–water partition coefficient (Wildman–Crippen LogP) is 0.227. The molecular formula is C6H12N4. The van der Waals surface area contributed by atoms with Gasteiger partial charge in [0, 0.05) is 0 Å². The van der Waals surface area contributed by atoms with Crippen molar-refractivity contribution in [2.45, 2.75) is 13.3 Å². The Kier molecular flexibility index (Phi) is 7.15. The number of rotatable bonds is 1. The van der Waals surface area contributed by atoms with E-state index in [0.717, 1.165) is 13.0 Å². The average Bonchev–Trinajstić information content (AvgIpc) is 2.08. The van der Waals surface area contributed by atoms with Gasteiger partial charge in [0.1, 0.15) is 0 Å². The lowest BCUT2D eigenvalue weighted by atomic mass is 10.5. The summed E-state index contributed by atoms with van der Waals surface area (Å²) >= 11 is 0. The van der Waals surface area contributed by atoms with Crippen LogP contribution < -0.4 is 5.73 Å². The summed E-state index contributed by atoms with van der Waals surface area (Å²) in [4.78, 5) is 0. The maximum atomic E-state index is 5.03. The number of hydrogen-bond donors (Lipinski definition) is 1. The standard InChI is InChI=1S/C3H3N3.C3H9N/c1-2-4-6-5-3-1;1-2-3-4/h1-3H;2-4H2,1H3. The molecule has 4 nitrogen and oxygen atoms in total. The molecule has 0 unspecified atom stereocenters. The van der Waals surface area contributed by atoms with Gasteiger partial charge in [-0.15, -0.1) is 10.2 Å². The summed E-state index contributed by atoms with van der Waals surface area (Å²) in [7, 11) is 0. The predicted molar refractivity (Wildman–Crippen MR) is 39.2 cm³/mol. The normalized spacial score (nSPS) is 7.80. The number of aromatic nitrogens is 3. The maximum Gasteiger partial charge on any atom is 0.0529 e. The van der Waals surface area contributed by atoms with Gasteiger partial charge in [-0.3, -0.25) is 0 Å². The molecule has 56 valence electrons. The third-order valence-corrected chi connectivity index (χ3v) is 0.697. The minimum Gasteiger partial charge on any atom is -0.330 e. The molecule has 0 saturated heterocycles. The summed E-state index contributed by atoms with van der Waals surface area (Å²) in [5, 5.41) is 10.1. The highest BCUT2D eigenvalue weighted by molar-refractivity contribution is 4.69. The molecule has 0 aliphatic rings. The zero-order valence-corrected chi connectivity index (χ0v) is 6.07. The van der Waals surface area contributed by atoms with Crippen molar-refractivity contribution in [1.29, 1.82) is 0 Å². The Morgan fingerprint density at radius 3 is 1.90 bits per heavy atom. The van der Waals surface area contributed by atoms with E-state index < -0.39 is 0 Å². The van der Waals surface area contributed by atoms with Crippen molar-refractivity contribution in [3.63, 3.8) is 0 Å². The van der Waals surface area contributed by atoms with Gasteiger partial charge >= 0.3 is 0 Å². The first-order valence-electron chi connectivity index (χ1n) is 3.20. The number of nitrogens with zero attached hydrogens (tertiary/aromatic N) is 3. The van der Waals surface area contributed by atoms with Crippen molar-refractivity contribution in [3.05, 3.63) is 18.5 Å². The summed E-state index contributed by atoms with van der Waals surface area (Å²) in [6.45, 7) is 2.88. The van der Waals surface area contributed by atoms with E-state index in [9.17, 15) is 0 Å². The highest BCUT2D eigenvalue weighted by Crippen LogP contribution is 1.61. The van der Waals surface area contributed by atoms with E-state index >= 15 is 0 Å². The van der Waals surface area contributed by atoms with E-state index in [4.69, 9.17) is 5.73 Å². The van der Waals surface area contributed by atoms with Gasteiger partial charge in [0.15, 0.2) is 0 Å². The summed E-state index contributed by atoms with van der Waals surface area (Å²) in [5.41, 5.74) is 5.03. The van der Waals surface area contributed by atoms with E-state index in [1.54, 1.807) is 18.5 Å². The third kappa shape index (κ3) is 6.97. The fourth-order valence-electron chi connectivity index (χ4n) is 0.205. The molecule has 2 N–H and O–H groups in total. The Labute approximate surface area is 60.5 Å². The van der Waals surface area contributed by atoms with Gasteiger partial charge in [0.05, 0.1) is 12.4 Å². The molecule has 0 aromatic carbocycles. The monoisotopic (exact) mass is 140 g/mol. The molecule has 1 aromatic rings. The molecule has 1 rings (SSSR count). The van der Waals surface area contributed by atoms with Crippen LogP contribution in [0, 0.1) is 0 Å². The fourth-order valence-corrected chi connectivity index (χ4v) is 0.205. The quantitative estimate of drug-likeness (QED) is 0.606. The van der Waals surface area contributed by atoms with Gasteiger partial charge in [0.2, 0.25) is 0 Å². The van der Waals surface area contributed by atoms with Gasteiger partial charge in [0.25, 0.3) is 0 Å². The van der Waals surface area contributed by atoms with Crippen LogP contribution in [0.25, 0.3) is 0 Å². The summed E-state index contributed by atoms with van der Waals surface area (Å²) < 4.78 is 0. The third-order valence-electron chi connectivity index (χ3n) is 0.697. The lowest BCUT2D eigenvalue weighted by Gasteiger charge is -1.70. The van der Waals surface area contributed by atoms with E-state index in [2.05, 4.69) is 22.3 Å². The van der Waals surface area contributed by atoms with E-state index in [1.165, 1.54) is 0 Å². The molecule has 1 aromatic heterocycles. The number of hydrogen-bond acceptors (Lipinski definition) is 4. The van der Waals surface area contributed by atoms with Crippen LogP contribution in [0.4, 0.5) is 0 Å². The Balaban J connectivity index is 0.000000180. The van der Waals surface area contributed by atoms with Crippen LogP contribution in [0.2, 0.25) is 0 Å². The van der Waals surface area contributed by atoms with Gasteiger partial charge in [-0.05, 0) is 24.2 Å². The minimum atomic E-state index is 0.819. The molecule has 10 heavy (non-hydrogen) atoms. The molecule has 1 heterocycles. The van der Waals surface area contributed by atoms with Gasteiger partial charge in [-0.25, -0.2) is 0 Å². The lowest BCUT2D eigenvalue weighted by molar-refractivity contribution is 0.865. The first kappa shape index (κ1) is 8.97. The molecule has 0 saturated carbocycles. The van der Waals surface area contributed by atoms with Crippen LogP contribution in [0.15, 0.2) is 18.5 Å². The number of nitrogens with two attached hydrogens (primary N) is 1. The Morgan fingerprint density at radius 2 is 1.80 bits per heavy atom. The van der Waals surface area contributed by atoms with Crippen LogP contribution in [0.5, 0.6) is 0 Å². The molecule has 0 fully saturated rings. The van der Waals surface area contributed by atoms with Crippen LogP contribution in [-0.4, -0.2) is 22.0 Å². The molecule has 0 amide bonds. The Hall–Kier alpha value is -1.03. The summed E-state index contributed by atoms with van der Waals surface area (Å²) in [6.07, 6.45) is 4.25. The largest absolute Gasteiger partial charge is 0.330 e. The highest BCUT2D eigenvalue weighted by atomic mass is 15.3. The van der Waals surface area contributed by atoms with Gasteiger partial charge < -0.3 is 5.73 Å². The summed E-state index contributed by atoms with van der Waals surface area (Å²) in [5.74, 6) is 0. The first-order chi connectivity index (χ1) is 4.91. The Bertz CT molecular complexity index is 102. The molecule has 0 bridgehead atoms. The zero-order chi connectivity index (χ0) is 7.66.